The summed E-state index contributed by atoms with van der Waals surface area (Å²) in [5.74, 6) is -0.975. The molecule has 0 saturated carbocycles. The van der Waals surface area contributed by atoms with Gasteiger partial charge < -0.3 is 4.74 Å². The Morgan fingerprint density at radius 3 is 2.67 bits per heavy atom. The van der Waals surface area contributed by atoms with Crippen LogP contribution in [0, 0.1) is 15.9 Å². The monoisotopic (exact) mass is 308 g/mol. The van der Waals surface area contributed by atoms with Gasteiger partial charge in [-0.2, -0.15) is 4.99 Å². The Bertz CT molecular complexity index is 760. The van der Waals surface area contributed by atoms with Gasteiger partial charge in [-0.25, -0.2) is 9.18 Å². The number of carbonyl (C=O) groups excluding carboxylic acids is 1. The standard InChI is InChI=1S/C13H6ClFN2O4/c14-8-5-9(15)10(16-7-18)6-13(8)21-12-4-2-1-3-11(12)17(19)20/h1-6H. The van der Waals surface area contributed by atoms with Crippen LogP contribution in [-0.2, 0) is 4.79 Å². The van der Waals surface area contributed by atoms with Crippen molar-refractivity contribution in [2.75, 3.05) is 0 Å². The van der Waals surface area contributed by atoms with Gasteiger partial charge in [0.25, 0.3) is 0 Å². The Morgan fingerprint density at radius 1 is 1.29 bits per heavy atom. The van der Waals surface area contributed by atoms with E-state index in [0.29, 0.717) is 0 Å². The average molecular weight is 309 g/mol. The minimum absolute atomic E-state index is 0.0682. The zero-order valence-electron chi connectivity index (χ0n) is 10.2. The van der Waals surface area contributed by atoms with Crippen molar-refractivity contribution >= 4 is 29.1 Å². The molecule has 0 aliphatic rings. The van der Waals surface area contributed by atoms with E-state index in [1.54, 1.807) is 0 Å². The SMILES string of the molecule is O=C=Nc1cc(Oc2ccccc2[N+](=O)[O-])c(Cl)cc1F. The molecule has 8 heteroatoms. The molecule has 0 N–H and O–H groups in total. The molecule has 0 amide bonds. The van der Waals surface area contributed by atoms with E-state index < -0.39 is 10.7 Å². The van der Waals surface area contributed by atoms with Gasteiger partial charge in [-0.1, -0.05) is 23.7 Å². The highest BCUT2D eigenvalue weighted by Crippen LogP contribution is 2.37. The average Bonchev–Trinajstić information content (AvgIpc) is 2.44. The number of hydrogen-bond donors (Lipinski definition) is 0. The number of nitro benzene ring substituents is 1. The topological polar surface area (TPSA) is 81.8 Å². The van der Waals surface area contributed by atoms with Gasteiger partial charge in [0.2, 0.25) is 11.8 Å². The van der Waals surface area contributed by atoms with Gasteiger partial charge in [0.1, 0.15) is 11.4 Å². The lowest BCUT2D eigenvalue weighted by Gasteiger charge is -2.08. The van der Waals surface area contributed by atoms with Crippen LogP contribution in [0.25, 0.3) is 0 Å². The van der Waals surface area contributed by atoms with Crippen molar-refractivity contribution in [2.24, 2.45) is 4.99 Å². The fourth-order valence-electron chi connectivity index (χ4n) is 1.54. The van der Waals surface area contributed by atoms with Crippen LogP contribution in [0.15, 0.2) is 41.4 Å². The van der Waals surface area contributed by atoms with Crippen LogP contribution in [0.5, 0.6) is 11.5 Å². The van der Waals surface area contributed by atoms with Gasteiger partial charge in [-0.05, 0) is 12.1 Å². The van der Waals surface area contributed by atoms with Crippen molar-refractivity contribution in [1.82, 2.24) is 0 Å². The summed E-state index contributed by atoms with van der Waals surface area (Å²) in [4.78, 5) is 23.6. The molecule has 6 nitrogen and oxygen atoms in total. The first-order valence-electron chi connectivity index (χ1n) is 5.51. The van der Waals surface area contributed by atoms with E-state index >= 15 is 0 Å². The predicted molar refractivity (Wildman–Crippen MR) is 72.4 cm³/mol. The highest BCUT2D eigenvalue weighted by atomic mass is 35.5. The van der Waals surface area contributed by atoms with E-state index in [2.05, 4.69) is 4.99 Å². The molecule has 2 aromatic carbocycles. The number of ether oxygens (including phenoxy) is 1. The quantitative estimate of drug-likeness (QED) is 0.368. The Kier molecular flexibility index (Phi) is 4.27. The van der Waals surface area contributed by atoms with E-state index in [1.165, 1.54) is 30.3 Å². The van der Waals surface area contributed by atoms with Crippen LogP contribution < -0.4 is 4.74 Å². The lowest BCUT2D eigenvalue weighted by molar-refractivity contribution is -0.385. The summed E-state index contributed by atoms with van der Waals surface area (Å²) in [5, 5.41) is 10.8. The van der Waals surface area contributed by atoms with Crippen molar-refractivity contribution in [1.29, 1.82) is 0 Å². The molecule has 0 unspecified atom stereocenters. The summed E-state index contributed by atoms with van der Waals surface area (Å²) >= 11 is 5.81. The molecule has 0 spiro atoms. The largest absolute Gasteiger partial charge is 0.448 e. The van der Waals surface area contributed by atoms with Crippen LogP contribution in [0.3, 0.4) is 0 Å². The molecule has 0 radical (unpaired) electrons. The van der Waals surface area contributed by atoms with Crippen molar-refractivity contribution in [3.05, 3.63) is 57.4 Å². The number of isocyanates is 1. The highest BCUT2D eigenvalue weighted by Gasteiger charge is 2.17. The third kappa shape index (κ3) is 3.22. The Labute approximate surface area is 122 Å². The van der Waals surface area contributed by atoms with E-state index in [4.69, 9.17) is 16.3 Å². The molecule has 0 bridgehead atoms. The first kappa shape index (κ1) is 14.6. The second-order valence-corrected chi connectivity index (χ2v) is 4.17. The van der Waals surface area contributed by atoms with Crippen molar-refractivity contribution < 1.29 is 18.8 Å². The molecule has 0 atom stereocenters. The smallest absolute Gasteiger partial charge is 0.311 e. The summed E-state index contributed by atoms with van der Waals surface area (Å²) in [7, 11) is 0. The number of halogens is 2. The summed E-state index contributed by atoms with van der Waals surface area (Å²) < 4.78 is 18.8. The first-order valence-corrected chi connectivity index (χ1v) is 5.89. The number of para-hydroxylation sites is 2. The van der Waals surface area contributed by atoms with Gasteiger partial charge in [0.05, 0.1) is 9.95 Å². The highest BCUT2D eigenvalue weighted by molar-refractivity contribution is 6.32. The molecular weight excluding hydrogens is 303 g/mol. The molecule has 106 valence electrons. The summed E-state index contributed by atoms with van der Waals surface area (Å²) in [6.07, 6.45) is 1.19. The summed E-state index contributed by atoms with van der Waals surface area (Å²) in [6, 6.07) is 7.56. The van der Waals surface area contributed by atoms with Crippen LogP contribution in [0.1, 0.15) is 0 Å². The number of hydrogen-bond acceptors (Lipinski definition) is 5. The minimum Gasteiger partial charge on any atom is -0.448 e. The van der Waals surface area contributed by atoms with E-state index in [-0.39, 0.29) is 27.9 Å². The Morgan fingerprint density at radius 2 is 2.00 bits per heavy atom. The zero-order chi connectivity index (χ0) is 15.4. The van der Waals surface area contributed by atoms with E-state index in [1.807, 2.05) is 0 Å². The third-order valence-electron chi connectivity index (χ3n) is 2.45. The predicted octanol–water partition coefficient (Wildman–Crippen LogP) is 4.15. The molecule has 0 saturated heterocycles. The lowest BCUT2D eigenvalue weighted by atomic mass is 10.2. The maximum atomic E-state index is 13.4. The van der Waals surface area contributed by atoms with Gasteiger partial charge >= 0.3 is 5.69 Å². The van der Waals surface area contributed by atoms with E-state index in [0.717, 1.165) is 12.1 Å². The van der Waals surface area contributed by atoms with Gasteiger partial charge in [-0.3, -0.25) is 10.1 Å². The molecule has 0 fully saturated rings. The maximum Gasteiger partial charge on any atom is 0.311 e. The Hall–Kier alpha value is -2.76. The van der Waals surface area contributed by atoms with Gasteiger partial charge in [-0.15, -0.1) is 0 Å². The fourth-order valence-corrected chi connectivity index (χ4v) is 1.73. The molecule has 0 aliphatic heterocycles. The normalized spacial score (nSPS) is 9.81. The molecule has 0 aliphatic carbocycles. The lowest BCUT2D eigenvalue weighted by Crippen LogP contribution is -1.93. The number of benzene rings is 2. The van der Waals surface area contributed by atoms with Gasteiger partial charge in [0, 0.05) is 12.1 Å². The molecule has 0 aromatic heterocycles. The molecule has 0 heterocycles. The summed E-state index contributed by atoms with van der Waals surface area (Å²) in [6.45, 7) is 0. The van der Waals surface area contributed by atoms with Crippen molar-refractivity contribution in [3.63, 3.8) is 0 Å². The van der Waals surface area contributed by atoms with E-state index in [9.17, 15) is 19.3 Å². The van der Waals surface area contributed by atoms with Crippen molar-refractivity contribution in [3.8, 4) is 11.5 Å². The third-order valence-corrected chi connectivity index (χ3v) is 2.74. The molecule has 2 aromatic rings. The summed E-state index contributed by atoms with van der Waals surface area (Å²) in [5.41, 5.74) is -0.610. The molecular formula is C13H6ClFN2O4. The van der Waals surface area contributed by atoms with Crippen LogP contribution in [0.2, 0.25) is 5.02 Å². The second-order valence-electron chi connectivity index (χ2n) is 3.76. The van der Waals surface area contributed by atoms with Crippen LogP contribution in [0.4, 0.5) is 15.8 Å². The molecule has 21 heavy (non-hydrogen) atoms. The number of aliphatic imine (C=N–C) groups is 1. The minimum atomic E-state index is -0.835. The fraction of sp³-hybridized carbons (Fsp3) is 0. The van der Waals surface area contributed by atoms with Crippen LogP contribution >= 0.6 is 11.6 Å². The van der Waals surface area contributed by atoms with Crippen LogP contribution in [-0.4, -0.2) is 11.0 Å². The Balaban J connectivity index is 2.47. The number of nitrogens with zero attached hydrogens (tertiary/aromatic N) is 2. The second kappa shape index (κ2) is 6.13. The number of rotatable bonds is 4. The van der Waals surface area contributed by atoms with Gasteiger partial charge in [0.15, 0.2) is 5.82 Å². The molecule has 2 rings (SSSR count). The number of nitro groups is 1. The zero-order valence-corrected chi connectivity index (χ0v) is 11.0. The maximum absolute atomic E-state index is 13.4. The first-order chi connectivity index (χ1) is 10.0. The van der Waals surface area contributed by atoms with Crippen molar-refractivity contribution in [2.45, 2.75) is 0 Å².